The fraction of sp³-hybridized carbons (Fsp3) is 0.278. The van der Waals surface area contributed by atoms with Crippen molar-refractivity contribution < 1.29 is 4.79 Å². The number of carbonyl (C=O) groups is 1. The van der Waals surface area contributed by atoms with Crippen LogP contribution >= 0.6 is 22.7 Å². The number of piperidine rings is 1. The molecule has 2 aliphatic heterocycles. The van der Waals surface area contributed by atoms with Gasteiger partial charge in [0, 0.05) is 23.2 Å². The fourth-order valence-corrected chi connectivity index (χ4v) is 4.79. The first-order valence-corrected chi connectivity index (χ1v) is 9.37. The molecule has 4 rings (SSSR count). The monoisotopic (exact) mass is 327 g/mol. The van der Waals surface area contributed by atoms with Gasteiger partial charge in [-0.15, -0.1) is 0 Å². The quantitative estimate of drug-likeness (QED) is 0.766. The number of fused-ring (bicyclic) bond motifs is 2. The topological polar surface area (TPSA) is 20.3 Å². The molecule has 2 fully saturated rings. The number of rotatable bonds is 2. The molecule has 0 aliphatic carbocycles. The second-order valence-corrected chi connectivity index (χ2v) is 7.48. The summed E-state index contributed by atoms with van der Waals surface area (Å²) in [6, 6.07) is 4.71. The van der Waals surface area contributed by atoms with Crippen LogP contribution in [0.3, 0.4) is 0 Å². The zero-order valence-electron chi connectivity index (χ0n) is 12.4. The van der Waals surface area contributed by atoms with Crippen LogP contribution in [0.15, 0.2) is 44.8 Å². The largest absolute Gasteiger partial charge is 0.292 e. The van der Waals surface area contributed by atoms with Gasteiger partial charge in [0.2, 0.25) is 0 Å². The highest BCUT2D eigenvalue weighted by molar-refractivity contribution is 7.08. The number of ketones is 1. The summed E-state index contributed by atoms with van der Waals surface area (Å²) in [5, 5.41) is 8.32. The van der Waals surface area contributed by atoms with E-state index in [0.717, 1.165) is 35.1 Å². The van der Waals surface area contributed by atoms with Crippen molar-refractivity contribution in [2.45, 2.75) is 24.9 Å². The maximum Gasteiger partial charge on any atom is 0.188 e. The highest BCUT2D eigenvalue weighted by atomic mass is 32.1. The lowest BCUT2D eigenvalue weighted by Gasteiger charge is -2.34. The lowest BCUT2D eigenvalue weighted by atomic mass is 9.89. The van der Waals surface area contributed by atoms with Gasteiger partial charge < -0.3 is 0 Å². The van der Waals surface area contributed by atoms with E-state index in [0.29, 0.717) is 0 Å². The summed E-state index contributed by atoms with van der Waals surface area (Å²) in [4.78, 5) is 15.4. The molecule has 0 spiro atoms. The Morgan fingerprint density at radius 2 is 1.50 bits per heavy atom. The Labute approximate surface area is 138 Å². The molecular formula is C18H17NOS2. The highest BCUT2D eigenvalue weighted by Crippen LogP contribution is 2.40. The summed E-state index contributed by atoms with van der Waals surface area (Å²) in [5.74, 6) is 0.239. The van der Waals surface area contributed by atoms with E-state index in [1.807, 2.05) is 0 Å². The normalized spacial score (nSPS) is 28.9. The van der Waals surface area contributed by atoms with Crippen molar-refractivity contribution in [1.29, 1.82) is 0 Å². The van der Waals surface area contributed by atoms with Crippen LogP contribution < -0.4 is 0 Å². The Kier molecular flexibility index (Phi) is 3.60. The van der Waals surface area contributed by atoms with Crippen molar-refractivity contribution in [1.82, 2.24) is 4.90 Å². The van der Waals surface area contributed by atoms with Gasteiger partial charge in [0.15, 0.2) is 5.78 Å². The van der Waals surface area contributed by atoms with Gasteiger partial charge in [-0.2, -0.15) is 22.7 Å². The van der Waals surface area contributed by atoms with Crippen LogP contribution in [0.2, 0.25) is 0 Å². The number of Topliss-reactive ketones (excluding diaryl/α,β-unsaturated/α-hetero) is 1. The van der Waals surface area contributed by atoms with Gasteiger partial charge in [-0.3, -0.25) is 9.69 Å². The molecule has 2 aliphatic rings. The second-order valence-electron chi connectivity index (χ2n) is 5.92. The standard InChI is InChI=1S/C18H17NOS2/c1-19-16-2-3-17(19)15(9-13-5-7-22-11-13)18(20)14(16)8-12-4-6-21-10-12/h4-11,16-17H,2-3H2,1H3/b14-8-,15-9-. The second kappa shape index (κ2) is 5.61. The molecule has 2 saturated heterocycles. The van der Waals surface area contributed by atoms with Crippen molar-refractivity contribution >= 4 is 40.6 Å². The molecule has 2 unspecified atom stereocenters. The van der Waals surface area contributed by atoms with Crippen LogP contribution in [0.25, 0.3) is 12.2 Å². The number of thiophene rings is 2. The van der Waals surface area contributed by atoms with E-state index in [1.165, 1.54) is 0 Å². The third-order valence-electron chi connectivity index (χ3n) is 4.67. The zero-order valence-corrected chi connectivity index (χ0v) is 14.0. The van der Waals surface area contributed by atoms with Crippen LogP contribution in [-0.4, -0.2) is 29.8 Å². The summed E-state index contributed by atoms with van der Waals surface area (Å²) >= 11 is 3.34. The summed E-state index contributed by atoms with van der Waals surface area (Å²) in [5.41, 5.74) is 4.19. The predicted molar refractivity (Wildman–Crippen MR) is 94.2 cm³/mol. The molecule has 4 heterocycles. The Hall–Kier alpha value is -1.49. The average molecular weight is 327 g/mol. The molecule has 0 aromatic carbocycles. The lowest BCUT2D eigenvalue weighted by molar-refractivity contribution is -0.114. The first-order chi connectivity index (χ1) is 10.7. The van der Waals surface area contributed by atoms with Crippen molar-refractivity contribution in [2.24, 2.45) is 0 Å². The number of nitrogens with zero attached hydrogens (tertiary/aromatic N) is 1. The van der Waals surface area contributed by atoms with Crippen molar-refractivity contribution in [3.05, 3.63) is 55.9 Å². The molecular weight excluding hydrogens is 310 g/mol. The van der Waals surface area contributed by atoms with Gasteiger partial charge in [-0.25, -0.2) is 0 Å². The van der Waals surface area contributed by atoms with Crippen LogP contribution in [0.5, 0.6) is 0 Å². The highest BCUT2D eigenvalue weighted by Gasteiger charge is 2.44. The van der Waals surface area contributed by atoms with Crippen LogP contribution in [0.4, 0.5) is 0 Å². The minimum absolute atomic E-state index is 0.239. The smallest absolute Gasteiger partial charge is 0.188 e. The molecule has 2 nitrogen and oxygen atoms in total. The van der Waals surface area contributed by atoms with E-state index in [2.05, 4.69) is 57.8 Å². The first-order valence-electron chi connectivity index (χ1n) is 7.48. The first kappa shape index (κ1) is 14.1. The Morgan fingerprint density at radius 3 is 1.91 bits per heavy atom. The van der Waals surface area contributed by atoms with Crippen molar-refractivity contribution in [2.75, 3.05) is 7.05 Å². The van der Waals surface area contributed by atoms with Gasteiger partial charge in [-0.1, -0.05) is 0 Å². The lowest BCUT2D eigenvalue weighted by Crippen LogP contribution is -2.43. The van der Waals surface area contributed by atoms with Gasteiger partial charge in [0.25, 0.3) is 0 Å². The van der Waals surface area contributed by atoms with E-state index >= 15 is 0 Å². The van der Waals surface area contributed by atoms with Crippen LogP contribution in [-0.2, 0) is 4.79 Å². The van der Waals surface area contributed by atoms with Crippen LogP contribution in [0, 0.1) is 0 Å². The van der Waals surface area contributed by atoms with Gasteiger partial charge in [0.1, 0.15) is 0 Å². The summed E-state index contributed by atoms with van der Waals surface area (Å²) in [6.45, 7) is 0. The Balaban J connectivity index is 1.79. The van der Waals surface area contributed by atoms with E-state index in [-0.39, 0.29) is 17.9 Å². The van der Waals surface area contributed by atoms with E-state index in [4.69, 9.17) is 0 Å². The fourth-order valence-electron chi connectivity index (χ4n) is 3.56. The number of likely N-dealkylation sites (N-methyl/N-ethyl adjacent to an activating group) is 1. The van der Waals surface area contributed by atoms with Gasteiger partial charge in [-0.05, 0) is 76.8 Å². The van der Waals surface area contributed by atoms with Gasteiger partial charge >= 0.3 is 0 Å². The molecule has 2 aromatic rings. The summed E-state index contributed by atoms with van der Waals surface area (Å²) < 4.78 is 0. The molecule has 112 valence electrons. The molecule has 0 saturated carbocycles. The third kappa shape index (κ3) is 2.32. The predicted octanol–water partition coefficient (Wildman–Crippen LogP) is 4.32. The van der Waals surface area contributed by atoms with Gasteiger partial charge in [0.05, 0.1) is 0 Å². The Bertz CT molecular complexity index is 678. The molecule has 2 atom stereocenters. The van der Waals surface area contributed by atoms with Crippen LogP contribution in [0.1, 0.15) is 24.0 Å². The minimum atomic E-state index is 0.239. The molecule has 2 aromatic heterocycles. The van der Waals surface area contributed by atoms with E-state index in [1.54, 1.807) is 22.7 Å². The van der Waals surface area contributed by atoms with Crippen molar-refractivity contribution in [3.63, 3.8) is 0 Å². The summed E-state index contributed by atoms with van der Waals surface area (Å²) in [6.07, 6.45) is 6.32. The molecule has 0 radical (unpaired) electrons. The van der Waals surface area contributed by atoms with E-state index in [9.17, 15) is 4.79 Å². The number of carbonyl (C=O) groups excluding carboxylic acids is 1. The zero-order chi connectivity index (χ0) is 15.1. The number of hydrogen-bond donors (Lipinski definition) is 0. The van der Waals surface area contributed by atoms with E-state index < -0.39 is 0 Å². The maximum atomic E-state index is 13.0. The molecule has 0 amide bonds. The summed E-state index contributed by atoms with van der Waals surface area (Å²) in [7, 11) is 2.15. The maximum absolute atomic E-state index is 13.0. The average Bonchev–Trinajstić information content (AvgIpc) is 3.22. The molecule has 4 heteroatoms. The molecule has 2 bridgehead atoms. The number of hydrogen-bond acceptors (Lipinski definition) is 4. The van der Waals surface area contributed by atoms with Crippen molar-refractivity contribution in [3.8, 4) is 0 Å². The minimum Gasteiger partial charge on any atom is -0.292 e. The third-order valence-corrected chi connectivity index (χ3v) is 6.07. The molecule has 22 heavy (non-hydrogen) atoms. The Morgan fingerprint density at radius 1 is 1.00 bits per heavy atom. The molecule has 0 N–H and O–H groups in total. The SMILES string of the molecule is CN1C2CCC1/C(=C/c1ccsc1)C(=O)/C2=C\c1ccsc1.